The first-order chi connectivity index (χ1) is 11.7. The second-order valence-electron chi connectivity index (χ2n) is 7.71. The van der Waals surface area contributed by atoms with E-state index in [-0.39, 0.29) is 24.2 Å². The maximum atomic E-state index is 12.8. The van der Waals surface area contributed by atoms with Crippen LogP contribution in [0.25, 0.3) is 0 Å². The van der Waals surface area contributed by atoms with Crippen molar-refractivity contribution in [1.82, 2.24) is 10.2 Å². The molecule has 0 radical (unpaired) electrons. The quantitative estimate of drug-likeness (QED) is 0.379. The molecule has 0 aromatic rings. The average Bonchev–Trinajstić information content (AvgIpc) is 2.92. The second-order valence-corrected chi connectivity index (χ2v) is 7.71. The van der Waals surface area contributed by atoms with E-state index in [9.17, 15) is 14.7 Å². The number of likely N-dealkylation sites (tertiary alicyclic amines) is 1. The minimum absolute atomic E-state index is 0.0120. The smallest absolute Gasteiger partial charge is 0.451 e. The minimum Gasteiger partial charge on any atom is -0.480 e. The Morgan fingerprint density at radius 2 is 2.08 bits per heavy atom. The molecule has 0 aromatic heterocycles. The van der Waals surface area contributed by atoms with Crippen LogP contribution < -0.4 is 11.1 Å². The van der Waals surface area contributed by atoms with E-state index in [1.807, 2.05) is 13.8 Å². The number of nitrogens with zero attached hydrogens (tertiary/aromatic N) is 1. The normalized spacial score (nSPS) is 30.2. The number of carbonyl (C=O) groups excluding carboxylic acids is 1. The molecule has 2 fully saturated rings. The molecule has 142 valence electrons. The number of hydrogen-bond acceptors (Lipinski definition) is 6. The lowest BCUT2D eigenvalue weighted by molar-refractivity contribution is -0.149. The average molecular weight is 355 g/mol. The van der Waals surface area contributed by atoms with Crippen LogP contribution in [0.4, 0.5) is 0 Å². The third-order valence-electron chi connectivity index (χ3n) is 5.81. The van der Waals surface area contributed by atoms with Gasteiger partial charge in [0.05, 0.1) is 12.1 Å². The molecule has 2 heterocycles. The summed E-state index contributed by atoms with van der Waals surface area (Å²) in [5.41, 5.74) is 5.47. The van der Waals surface area contributed by atoms with Crippen molar-refractivity contribution in [2.75, 3.05) is 13.1 Å². The monoisotopic (exact) mass is 355 g/mol. The van der Waals surface area contributed by atoms with Gasteiger partial charge < -0.3 is 31.1 Å². The summed E-state index contributed by atoms with van der Waals surface area (Å²) in [6.45, 7) is 4.81. The van der Waals surface area contributed by atoms with Gasteiger partial charge in [0.25, 0.3) is 0 Å². The highest BCUT2D eigenvalue weighted by Crippen LogP contribution is 2.47. The van der Waals surface area contributed by atoms with E-state index in [1.165, 1.54) is 0 Å². The summed E-state index contributed by atoms with van der Waals surface area (Å²) in [4.78, 5) is 26.4. The molecule has 6 N–H and O–H groups in total. The zero-order valence-electron chi connectivity index (χ0n) is 15.0. The third kappa shape index (κ3) is 4.00. The van der Waals surface area contributed by atoms with E-state index in [4.69, 9.17) is 15.8 Å². The molecule has 0 saturated carbocycles. The van der Waals surface area contributed by atoms with Crippen molar-refractivity contribution < 1.29 is 24.7 Å². The van der Waals surface area contributed by atoms with Crippen LogP contribution in [0.3, 0.4) is 0 Å². The maximum absolute atomic E-state index is 12.8. The van der Waals surface area contributed by atoms with E-state index in [2.05, 4.69) is 5.32 Å². The van der Waals surface area contributed by atoms with Gasteiger partial charge in [-0.05, 0) is 31.5 Å². The van der Waals surface area contributed by atoms with Crippen molar-refractivity contribution in [3.05, 3.63) is 0 Å². The largest absolute Gasteiger partial charge is 0.480 e. The number of fused-ring (bicyclic) bond motifs is 1. The number of rotatable bonds is 7. The van der Waals surface area contributed by atoms with Gasteiger partial charge in [-0.25, -0.2) is 0 Å². The first kappa shape index (κ1) is 20.2. The molecular weight excluding hydrogens is 325 g/mol. The Bertz CT molecular complexity index is 504. The molecule has 9 heteroatoms. The number of aliphatic carboxylic acids is 1. The minimum atomic E-state index is -1.40. The van der Waals surface area contributed by atoms with E-state index in [0.29, 0.717) is 32.4 Å². The Morgan fingerprint density at radius 3 is 2.64 bits per heavy atom. The summed E-state index contributed by atoms with van der Waals surface area (Å²) in [5, 5.41) is 31.0. The van der Waals surface area contributed by atoms with E-state index in [0.717, 1.165) is 6.42 Å². The highest BCUT2D eigenvalue weighted by atomic mass is 16.4. The Hall–Kier alpha value is -1.16. The van der Waals surface area contributed by atoms with Crippen molar-refractivity contribution >= 4 is 19.0 Å². The summed E-state index contributed by atoms with van der Waals surface area (Å²) in [7, 11) is -1.40. The van der Waals surface area contributed by atoms with E-state index < -0.39 is 30.6 Å². The number of carbonyl (C=O) groups is 2. The molecule has 1 amide bonds. The van der Waals surface area contributed by atoms with Crippen molar-refractivity contribution in [3.8, 4) is 0 Å². The van der Waals surface area contributed by atoms with Gasteiger partial charge in [0, 0.05) is 18.5 Å². The Morgan fingerprint density at radius 1 is 1.40 bits per heavy atom. The summed E-state index contributed by atoms with van der Waals surface area (Å²) in [6, 6.07) is -1.56. The van der Waals surface area contributed by atoms with Gasteiger partial charge >= 0.3 is 13.1 Å². The number of piperidine rings is 1. The van der Waals surface area contributed by atoms with Crippen LogP contribution in [0, 0.1) is 11.3 Å². The molecule has 0 unspecified atom stereocenters. The lowest BCUT2D eigenvalue weighted by atomic mass is 9.66. The van der Waals surface area contributed by atoms with Gasteiger partial charge in [-0.3, -0.25) is 9.59 Å². The lowest BCUT2D eigenvalue weighted by Crippen LogP contribution is -2.60. The number of hydrogen-bond donors (Lipinski definition) is 5. The molecule has 2 aliphatic rings. The van der Waals surface area contributed by atoms with E-state index >= 15 is 0 Å². The summed E-state index contributed by atoms with van der Waals surface area (Å²) >= 11 is 0. The first-order valence-corrected chi connectivity index (χ1v) is 9.09. The SMILES string of the molecule is CC(C)[C@H](N)C(=O)N1CCC[C@]2(CCCB(O)O)[C@@H](C(=O)O)NC[C@H]12. The van der Waals surface area contributed by atoms with Gasteiger partial charge in [-0.1, -0.05) is 20.3 Å². The highest BCUT2D eigenvalue weighted by molar-refractivity contribution is 6.40. The molecule has 2 rings (SSSR count). The van der Waals surface area contributed by atoms with Gasteiger partial charge in [0.2, 0.25) is 5.91 Å². The molecule has 0 spiro atoms. The fraction of sp³-hybridized carbons (Fsp3) is 0.875. The molecule has 0 aliphatic carbocycles. The first-order valence-electron chi connectivity index (χ1n) is 9.09. The zero-order chi connectivity index (χ0) is 18.8. The second kappa shape index (κ2) is 8.03. The maximum Gasteiger partial charge on any atom is 0.451 e. The summed E-state index contributed by atoms with van der Waals surface area (Å²) in [6.07, 6.45) is 2.64. The summed E-state index contributed by atoms with van der Waals surface area (Å²) < 4.78 is 0. The predicted octanol–water partition coefficient (Wildman–Crippen LogP) is -0.743. The summed E-state index contributed by atoms with van der Waals surface area (Å²) in [5.74, 6) is -1.04. The molecular formula is C16H30BN3O5. The number of nitrogens with one attached hydrogen (secondary N) is 1. The molecule has 8 nitrogen and oxygen atoms in total. The molecule has 25 heavy (non-hydrogen) atoms. The Balaban J connectivity index is 2.25. The van der Waals surface area contributed by atoms with Crippen LogP contribution in [-0.2, 0) is 9.59 Å². The fourth-order valence-corrected chi connectivity index (χ4v) is 4.42. The third-order valence-corrected chi connectivity index (χ3v) is 5.81. The van der Waals surface area contributed by atoms with Crippen molar-refractivity contribution in [2.24, 2.45) is 17.1 Å². The van der Waals surface area contributed by atoms with Crippen LogP contribution in [0.2, 0.25) is 6.32 Å². The standard InChI is InChI=1S/C16H30BN3O5/c1-10(2)12(18)14(21)20-8-4-6-16(5-3-7-17(24)25)11(20)9-19-13(16)15(22)23/h10-13,19,24-25H,3-9,18H2,1-2H3,(H,22,23)/t11-,12-,13+,16-/m0/s1. The molecule has 2 aliphatic heterocycles. The van der Waals surface area contributed by atoms with Gasteiger partial charge in [0.15, 0.2) is 0 Å². The van der Waals surface area contributed by atoms with Crippen molar-refractivity contribution in [3.63, 3.8) is 0 Å². The van der Waals surface area contributed by atoms with Crippen molar-refractivity contribution in [2.45, 2.75) is 64.0 Å². The van der Waals surface area contributed by atoms with Crippen LogP contribution in [-0.4, -0.2) is 70.3 Å². The van der Waals surface area contributed by atoms with Gasteiger partial charge in [-0.2, -0.15) is 0 Å². The number of carboxylic acids is 1. The molecule has 0 aromatic carbocycles. The van der Waals surface area contributed by atoms with Crippen LogP contribution in [0.15, 0.2) is 0 Å². The lowest BCUT2D eigenvalue weighted by Gasteiger charge is -2.48. The number of carboxylic acid groups (broad SMARTS) is 1. The van der Waals surface area contributed by atoms with Crippen LogP contribution in [0.1, 0.15) is 39.5 Å². The highest BCUT2D eigenvalue weighted by Gasteiger charge is 2.57. The van der Waals surface area contributed by atoms with Gasteiger partial charge in [0.1, 0.15) is 6.04 Å². The molecule has 4 atom stereocenters. The number of amides is 1. The Kier molecular flexibility index (Phi) is 6.48. The van der Waals surface area contributed by atoms with E-state index in [1.54, 1.807) is 4.90 Å². The van der Waals surface area contributed by atoms with Crippen molar-refractivity contribution in [1.29, 1.82) is 0 Å². The fourth-order valence-electron chi connectivity index (χ4n) is 4.42. The molecule has 0 bridgehead atoms. The predicted molar refractivity (Wildman–Crippen MR) is 93.6 cm³/mol. The van der Waals surface area contributed by atoms with Crippen LogP contribution >= 0.6 is 0 Å². The molecule has 2 saturated heterocycles. The topological polar surface area (TPSA) is 136 Å². The zero-order valence-corrected chi connectivity index (χ0v) is 15.0. The Labute approximate surface area is 148 Å². The van der Waals surface area contributed by atoms with Crippen LogP contribution in [0.5, 0.6) is 0 Å². The number of nitrogens with two attached hydrogens (primary N) is 1. The van der Waals surface area contributed by atoms with Gasteiger partial charge in [-0.15, -0.1) is 0 Å².